The number of amides is 1. The zero-order valence-corrected chi connectivity index (χ0v) is 7.38. The predicted molar refractivity (Wildman–Crippen MR) is 45.4 cm³/mol. The number of hydrogen-bond acceptors (Lipinski definition) is 3. The van der Waals surface area contributed by atoms with Crippen LogP contribution in [0.4, 0.5) is 0 Å². The van der Waals surface area contributed by atoms with E-state index in [-0.39, 0.29) is 6.10 Å². The van der Waals surface area contributed by atoms with E-state index in [0.717, 1.165) is 19.3 Å². The fourth-order valence-electron chi connectivity index (χ4n) is 1.78. The van der Waals surface area contributed by atoms with E-state index in [1.165, 1.54) is 0 Å². The van der Waals surface area contributed by atoms with Crippen LogP contribution in [0.2, 0.25) is 0 Å². The van der Waals surface area contributed by atoms with Gasteiger partial charge in [0.1, 0.15) is 5.54 Å². The lowest BCUT2D eigenvalue weighted by Crippen LogP contribution is -2.62. The van der Waals surface area contributed by atoms with Crippen molar-refractivity contribution in [2.45, 2.75) is 37.3 Å². The molecule has 2 atom stereocenters. The topological polar surface area (TPSA) is 78.3 Å². The van der Waals surface area contributed by atoms with Crippen molar-refractivity contribution in [3.63, 3.8) is 0 Å². The fourth-order valence-corrected chi connectivity index (χ4v) is 1.78. The fraction of sp³-hybridized carbons (Fsp3) is 0.875. The van der Waals surface area contributed by atoms with E-state index in [9.17, 15) is 4.79 Å². The summed E-state index contributed by atoms with van der Waals surface area (Å²) in [6.45, 7) is 0. The van der Waals surface area contributed by atoms with Crippen molar-refractivity contribution in [1.29, 1.82) is 0 Å². The molecule has 12 heavy (non-hydrogen) atoms. The summed E-state index contributed by atoms with van der Waals surface area (Å²) in [5.74, 6) is -0.450. The summed E-state index contributed by atoms with van der Waals surface area (Å²) in [5, 5.41) is 0. The van der Waals surface area contributed by atoms with Gasteiger partial charge in [-0.15, -0.1) is 0 Å². The van der Waals surface area contributed by atoms with Crippen LogP contribution in [0, 0.1) is 0 Å². The summed E-state index contributed by atoms with van der Waals surface area (Å²) in [6, 6.07) is 0. The van der Waals surface area contributed by atoms with Crippen molar-refractivity contribution in [1.82, 2.24) is 0 Å². The number of hydrogen-bond donors (Lipinski definition) is 2. The second kappa shape index (κ2) is 3.41. The molecule has 0 aromatic carbocycles. The lowest BCUT2D eigenvalue weighted by molar-refractivity contribution is -0.130. The summed E-state index contributed by atoms with van der Waals surface area (Å²) in [6.07, 6.45) is 3.28. The molecule has 0 aromatic rings. The van der Waals surface area contributed by atoms with Crippen LogP contribution in [-0.4, -0.2) is 24.7 Å². The highest BCUT2D eigenvalue weighted by Gasteiger charge is 2.42. The molecule has 0 radical (unpaired) electrons. The molecule has 4 N–H and O–H groups in total. The van der Waals surface area contributed by atoms with Crippen molar-refractivity contribution in [2.75, 3.05) is 7.11 Å². The summed E-state index contributed by atoms with van der Waals surface area (Å²) in [4.78, 5) is 11.1. The minimum absolute atomic E-state index is 0.205. The Morgan fingerprint density at radius 2 is 2.25 bits per heavy atom. The number of primary amides is 1. The number of carbonyl (C=O) groups is 1. The second-order valence-electron chi connectivity index (χ2n) is 3.37. The summed E-state index contributed by atoms with van der Waals surface area (Å²) < 4.78 is 5.14. The lowest BCUT2D eigenvalue weighted by atomic mass is 9.79. The Bertz CT molecular complexity index is 184. The maximum atomic E-state index is 11.1. The van der Waals surface area contributed by atoms with Gasteiger partial charge in [0.25, 0.3) is 0 Å². The van der Waals surface area contributed by atoms with E-state index in [0.29, 0.717) is 6.42 Å². The van der Waals surface area contributed by atoms with E-state index in [1.54, 1.807) is 7.11 Å². The van der Waals surface area contributed by atoms with Gasteiger partial charge in [-0.3, -0.25) is 4.79 Å². The van der Waals surface area contributed by atoms with Crippen LogP contribution in [0.15, 0.2) is 0 Å². The first-order valence-electron chi connectivity index (χ1n) is 4.23. The van der Waals surface area contributed by atoms with Gasteiger partial charge in [0, 0.05) is 7.11 Å². The van der Waals surface area contributed by atoms with Gasteiger partial charge in [-0.05, 0) is 12.8 Å². The van der Waals surface area contributed by atoms with Crippen LogP contribution in [0.1, 0.15) is 25.7 Å². The standard InChI is InChI=1S/C8H16N2O2/c1-12-6-4-2-3-5-8(6,10)7(9)11/h6H,2-5,10H2,1H3,(H2,9,11)/t6-,8+/m1/s1. The number of rotatable bonds is 2. The second-order valence-corrected chi connectivity index (χ2v) is 3.37. The smallest absolute Gasteiger partial charge is 0.240 e. The normalized spacial score (nSPS) is 36.3. The van der Waals surface area contributed by atoms with Gasteiger partial charge in [-0.1, -0.05) is 12.8 Å². The van der Waals surface area contributed by atoms with E-state index >= 15 is 0 Å². The molecule has 0 bridgehead atoms. The van der Waals surface area contributed by atoms with E-state index in [4.69, 9.17) is 16.2 Å². The molecule has 1 aliphatic rings. The number of methoxy groups -OCH3 is 1. The number of ether oxygens (including phenoxy) is 1. The van der Waals surface area contributed by atoms with Gasteiger partial charge >= 0.3 is 0 Å². The van der Waals surface area contributed by atoms with E-state index in [1.807, 2.05) is 0 Å². The van der Waals surface area contributed by atoms with Gasteiger partial charge in [-0.2, -0.15) is 0 Å². The Kier molecular flexibility index (Phi) is 2.69. The highest BCUT2D eigenvalue weighted by Crippen LogP contribution is 2.27. The van der Waals surface area contributed by atoms with Crippen molar-refractivity contribution in [3.8, 4) is 0 Å². The molecule has 1 rings (SSSR count). The molecule has 1 aliphatic carbocycles. The SMILES string of the molecule is CO[C@@H]1CCCC[C@@]1(N)C(N)=O. The van der Waals surface area contributed by atoms with Crippen LogP contribution in [-0.2, 0) is 9.53 Å². The summed E-state index contributed by atoms with van der Waals surface area (Å²) >= 11 is 0. The minimum Gasteiger partial charge on any atom is -0.379 e. The molecule has 0 spiro atoms. The third kappa shape index (κ3) is 1.44. The maximum absolute atomic E-state index is 11.1. The zero-order chi connectivity index (χ0) is 9.19. The van der Waals surface area contributed by atoms with Crippen molar-refractivity contribution < 1.29 is 9.53 Å². The molecule has 1 fully saturated rings. The van der Waals surface area contributed by atoms with Crippen LogP contribution >= 0.6 is 0 Å². The first kappa shape index (κ1) is 9.48. The highest BCUT2D eigenvalue weighted by atomic mass is 16.5. The Labute approximate surface area is 72.2 Å². The van der Waals surface area contributed by atoms with Crippen molar-refractivity contribution in [2.24, 2.45) is 11.5 Å². The average Bonchev–Trinajstić information content (AvgIpc) is 2.05. The molecule has 4 nitrogen and oxygen atoms in total. The van der Waals surface area contributed by atoms with Crippen molar-refractivity contribution >= 4 is 5.91 Å². The largest absolute Gasteiger partial charge is 0.379 e. The van der Waals surface area contributed by atoms with Crippen LogP contribution in [0.5, 0.6) is 0 Å². The summed E-state index contributed by atoms with van der Waals surface area (Å²) in [7, 11) is 1.57. The molecule has 0 unspecified atom stereocenters. The van der Waals surface area contributed by atoms with Gasteiger partial charge in [-0.25, -0.2) is 0 Å². The molecule has 0 heterocycles. The van der Waals surface area contributed by atoms with Gasteiger partial charge in [0.05, 0.1) is 6.10 Å². The van der Waals surface area contributed by atoms with Crippen LogP contribution in [0.3, 0.4) is 0 Å². The highest BCUT2D eigenvalue weighted by molar-refractivity contribution is 5.85. The summed E-state index contributed by atoms with van der Waals surface area (Å²) in [5.41, 5.74) is 10.1. The molecule has 1 saturated carbocycles. The molecule has 4 heteroatoms. The van der Waals surface area contributed by atoms with Gasteiger partial charge in [0.15, 0.2) is 0 Å². The Morgan fingerprint density at radius 1 is 1.58 bits per heavy atom. The minimum atomic E-state index is -0.938. The third-order valence-electron chi connectivity index (χ3n) is 2.62. The Hall–Kier alpha value is -0.610. The molecule has 70 valence electrons. The molecule has 0 saturated heterocycles. The third-order valence-corrected chi connectivity index (χ3v) is 2.62. The van der Waals surface area contributed by atoms with E-state index < -0.39 is 11.4 Å². The van der Waals surface area contributed by atoms with Gasteiger partial charge in [0.2, 0.25) is 5.91 Å². The average molecular weight is 172 g/mol. The molecular weight excluding hydrogens is 156 g/mol. The van der Waals surface area contributed by atoms with Crippen molar-refractivity contribution in [3.05, 3.63) is 0 Å². The lowest BCUT2D eigenvalue weighted by Gasteiger charge is -2.37. The van der Waals surface area contributed by atoms with Crippen LogP contribution in [0.25, 0.3) is 0 Å². The molecule has 1 amide bonds. The first-order valence-corrected chi connectivity index (χ1v) is 4.23. The Morgan fingerprint density at radius 3 is 2.67 bits per heavy atom. The first-order chi connectivity index (χ1) is 5.61. The quantitative estimate of drug-likeness (QED) is 0.603. The monoisotopic (exact) mass is 172 g/mol. The van der Waals surface area contributed by atoms with Gasteiger partial charge < -0.3 is 16.2 Å². The number of nitrogens with two attached hydrogens (primary N) is 2. The van der Waals surface area contributed by atoms with Crippen LogP contribution < -0.4 is 11.5 Å². The molecule has 0 aliphatic heterocycles. The Balaban J connectivity index is 2.75. The number of carbonyl (C=O) groups excluding carboxylic acids is 1. The predicted octanol–water partition coefficient (Wildman–Crippen LogP) is -0.242. The zero-order valence-electron chi connectivity index (χ0n) is 7.38. The molecular formula is C8H16N2O2. The molecule has 0 aromatic heterocycles. The maximum Gasteiger partial charge on any atom is 0.240 e. The van der Waals surface area contributed by atoms with E-state index in [2.05, 4.69) is 0 Å².